The molecule has 0 bridgehead atoms. The maximum Gasteiger partial charge on any atom is 0.303 e. The zero-order chi connectivity index (χ0) is 10.3. The number of thioether (sulfide) groups is 1. The molecule has 0 aromatic heterocycles. The molecule has 80 valence electrons. The highest BCUT2D eigenvalue weighted by Crippen LogP contribution is 2.41. The van der Waals surface area contributed by atoms with Crippen LogP contribution in [0.1, 0.15) is 20.8 Å². The summed E-state index contributed by atoms with van der Waals surface area (Å²) in [6.07, 6.45) is -0.0572. The molecule has 2 saturated heterocycles. The van der Waals surface area contributed by atoms with E-state index < -0.39 is 5.79 Å². The number of hydrogen-bond donors (Lipinski definition) is 0. The molecule has 2 aliphatic rings. The number of fused-ring (bicyclic) bond motifs is 1. The van der Waals surface area contributed by atoms with E-state index in [0.717, 1.165) is 5.75 Å². The van der Waals surface area contributed by atoms with Gasteiger partial charge in [-0.05, 0) is 13.8 Å². The molecule has 5 heteroatoms. The zero-order valence-corrected chi connectivity index (χ0v) is 9.30. The molecule has 0 saturated carbocycles. The smallest absolute Gasteiger partial charge is 0.303 e. The number of esters is 1. The minimum Gasteiger partial charge on any atom is -0.449 e. The highest BCUT2D eigenvalue weighted by atomic mass is 32.2. The summed E-state index contributed by atoms with van der Waals surface area (Å²) < 4.78 is 16.5. The average Bonchev–Trinajstić information content (AvgIpc) is 2.47. The van der Waals surface area contributed by atoms with Crippen molar-refractivity contribution in [1.82, 2.24) is 0 Å². The predicted octanol–water partition coefficient (Wildman–Crippen LogP) is 1.14. The maximum absolute atomic E-state index is 10.8. The minimum absolute atomic E-state index is 0.0550. The van der Waals surface area contributed by atoms with Crippen LogP contribution in [0.25, 0.3) is 0 Å². The van der Waals surface area contributed by atoms with Crippen molar-refractivity contribution in [3.05, 3.63) is 0 Å². The highest BCUT2D eigenvalue weighted by Gasteiger charge is 2.51. The molecule has 2 aliphatic heterocycles. The van der Waals surface area contributed by atoms with E-state index in [-0.39, 0.29) is 23.6 Å². The van der Waals surface area contributed by atoms with E-state index in [0.29, 0.717) is 0 Å². The van der Waals surface area contributed by atoms with Gasteiger partial charge in [-0.3, -0.25) is 4.79 Å². The van der Waals surface area contributed by atoms with Crippen LogP contribution in [0.15, 0.2) is 0 Å². The van der Waals surface area contributed by atoms with Gasteiger partial charge in [0.15, 0.2) is 11.2 Å². The first-order chi connectivity index (χ1) is 6.48. The average molecular weight is 218 g/mol. The van der Waals surface area contributed by atoms with Gasteiger partial charge in [0.2, 0.25) is 0 Å². The predicted molar refractivity (Wildman–Crippen MR) is 51.8 cm³/mol. The summed E-state index contributed by atoms with van der Waals surface area (Å²) in [5, 5.41) is 0. The quantitative estimate of drug-likeness (QED) is 0.618. The van der Waals surface area contributed by atoms with Crippen molar-refractivity contribution < 1.29 is 19.0 Å². The van der Waals surface area contributed by atoms with Crippen molar-refractivity contribution in [1.29, 1.82) is 0 Å². The molecule has 2 fully saturated rings. The summed E-state index contributed by atoms with van der Waals surface area (Å²) in [5.74, 6) is 0.0114. The Kier molecular flexibility index (Phi) is 2.49. The van der Waals surface area contributed by atoms with E-state index in [2.05, 4.69) is 0 Å². The van der Waals surface area contributed by atoms with Gasteiger partial charge in [-0.2, -0.15) is 0 Å². The number of carbonyl (C=O) groups excluding carboxylic acids is 1. The molecular weight excluding hydrogens is 204 g/mol. The van der Waals surface area contributed by atoms with Crippen molar-refractivity contribution >= 4 is 17.7 Å². The van der Waals surface area contributed by atoms with E-state index in [1.54, 1.807) is 11.8 Å². The lowest BCUT2D eigenvalue weighted by Gasteiger charge is -2.20. The third kappa shape index (κ3) is 1.89. The maximum atomic E-state index is 10.8. The molecule has 0 aromatic carbocycles. The van der Waals surface area contributed by atoms with E-state index >= 15 is 0 Å². The summed E-state index contributed by atoms with van der Waals surface area (Å²) in [5.41, 5.74) is -0.209. The minimum atomic E-state index is -0.547. The lowest BCUT2D eigenvalue weighted by molar-refractivity contribution is -0.162. The van der Waals surface area contributed by atoms with Crippen LogP contribution in [0.2, 0.25) is 0 Å². The van der Waals surface area contributed by atoms with Crippen LogP contribution in [-0.4, -0.2) is 35.2 Å². The van der Waals surface area contributed by atoms with Crippen molar-refractivity contribution in [3.8, 4) is 0 Å². The zero-order valence-electron chi connectivity index (χ0n) is 8.48. The van der Waals surface area contributed by atoms with Gasteiger partial charge < -0.3 is 14.2 Å². The molecule has 14 heavy (non-hydrogen) atoms. The fraction of sp³-hybridized carbons (Fsp3) is 0.889. The molecule has 3 atom stereocenters. The number of hydrogen-bond acceptors (Lipinski definition) is 5. The molecule has 4 nitrogen and oxygen atoms in total. The Morgan fingerprint density at radius 3 is 2.86 bits per heavy atom. The van der Waals surface area contributed by atoms with Gasteiger partial charge in [-0.25, -0.2) is 0 Å². The summed E-state index contributed by atoms with van der Waals surface area (Å²) in [7, 11) is 0. The Morgan fingerprint density at radius 1 is 1.50 bits per heavy atom. The molecule has 0 radical (unpaired) electrons. The molecule has 0 spiro atoms. The van der Waals surface area contributed by atoms with Gasteiger partial charge in [0.1, 0.15) is 12.2 Å². The Labute approximate surface area is 87.3 Å². The van der Waals surface area contributed by atoms with E-state index in [1.807, 2.05) is 13.8 Å². The first-order valence-electron chi connectivity index (χ1n) is 4.62. The van der Waals surface area contributed by atoms with Crippen LogP contribution >= 0.6 is 11.8 Å². The van der Waals surface area contributed by atoms with E-state index in [9.17, 15) is 4.79 Å². The normalized spacial score (nSPS) is 39.5. The molecular formula is C9H14O4S. The van der Waals surface area contributed by atoms with Crippen LogP contribution in [0.3, 0.4) is 0 Å². The Balaban J connectivity index is 2.01. The number of ether oxygens (including phenoxy) is 3. The van der Waals surface area contributed by atoms with Gasteiger partial charge in [0.05, 0.1) is 0 Å². The van der Waals surface area contributed by atoms with E-state index in [4.69, 9.17) is 14.2 Å². The highest BCUT2D eigenvalue weighted by molar-refractivity contribution is 8.00. The Bertz CT molecular complexity index is 253. The van der Waals surface area contributed by atoms with Gasteiger partial charge in [-0.1, -0.05) is 0 Å². The van der Waals surface area contributed by atoms with Crippen molar-refractivity contribution in [2.75, 3.05) is 5.75 Å². The molecule has 0 aliphatic carbocycles. The van der Waals surface area contributed by atoms with Crippen LogP contribution in [-0.2, 0) is 19.0 Å². The van der Waals surface area contributed by atoms with Gasteiger partial charge in [-0.15, -0.1) is 11.8 Å². The van der Waals surface area contributed by atoms with Crippen LogP contribution < -0.4 is 0 Å². The molecule has 2 heterocycles. The SMILES string of the molecule is CC(=O)OC1SC[C@H]2OC(C)(C)OC12. The molecule has 0 N–H and O–H groups in total. The lowest BCUT2D eigenvalue weighted by atomic mass is 10.2. The number of carbonyl (C=O) groups is 1. The lowest BCUT2D eigenvalue weighted by Crippen LogP contribution is -2.30. The van der Waals surface area contributed by atoms with Crippen molar-refractivity contribution in [2.24, 2.45) is 0 Å². The first-order valence-corrected chi connectivity index (χ1v) is 5.67. The number of rotatable bonds is 1. The third-order valence-electron chi connectivity index (χ3n) is 2.20. The van der Waals surface area contributed by atoms with Crippen LogP contribution in [0.4, 0.5) is 0 Å². The molecule has 0 amide bonds. The first kappa shape index (κ1) is 10.3. The monoisotopic (exact) mass is 218 g/mol. The van der Waals surface area contributed by atoms with Crippen molar-refractivity contribution in [2.45, 2.75) is 44.2 Å². The summed E-state index contributed by atoms with van der Waals surface area (Å²) in [4.78, 5) is 10.8. The largest absolute Gasteiger partial charge is 0.449 e. The molecule has 2 unspecified atom stereocenters. The Morgan fingerprint density at radius 2 is 2.21 bits per heavy atom. The second kappa shape index (κ2) is 3.40. The van der Waals surface area contributed by atoms with Gasteiger partial charge >= 0.3 is 5.97 Å². The summed E-state index contributed by atoms with van der Waals surface area (Å²) in [6, 6.07) is 0. The van der Waals surface area contributed by atoms with Crippen molar-refractivity contribution in [3.63, 3.8) is 0 Å². The second-order valence-electron chi connectivity index (χ2n) is 3.95. The van der Waals surface area contributed by atoms with Crippen LogP contribution in [0, 0.1) is 0 Å². The van der Waals surface area contributed by atoms with E-state index in [1.165, 1.54) is 6.92 Å². The standard InChI is InChI=1S/C9H14O4S/c1-5(10)11-8-7-6(4-14-8)12-9(2,3)13-7/h6-8H,4H2,1-3H3/t6-,7?,8?/m1/s1. The fourth-order valence-corrected chi connectivity index (χ4v) is 3.03. The summed E-state index contributed by atoms with van der Waals surface area (Å²) in [6.45, 7) is 5.16. The third-order valence-corrected chi connectivity index (χ3v) is 3.41. The fourth-order valence-electron chi connectivity index (χ4n) is 1.77. The summed E-state index contributed by atoms with van der Waals surface area (Å²) >= 11 is 1.57. The topological polar surface area (TPSA) is 44.8 Å². The van der Waals surface area contributed by atoms with Crippen LogP contribution in [0.5, 0.6) is 0 Å². The second-order valence-corrected chi connectivity index (χ2v) is 5.08. The van der Waals surface area contributed by atoms with Gasteiger partial charge in [0.25, 0.3) is 0 Å². The molecule has 2 rings (SSSR count). The molecule has 0 aromatic rings. The Hall–Kier alpha value is -0.260. The van der Waals surface area contributed by atoms with Gasteiger partial charge in [0, 0.05) is 12.7 Å².